The van der Waals surface area contributed by atoms with E-state index in [0.29, 0.717) is 30.4 Å². The van der Waals surface area contributed by atoms with E-state index in [0.717, 1.165) is 37.7 Å². The van der Waals surface area contributed by atoms with Crippen LogP contribution in [0, 0.1) is 5.92 Å². The Morgan fingerprint density at radius 2 is 2.03 bits per heavy atom. The number of amides is 3. The molecule has 3 amide bonds. The van der Waals surface area contributed by atoms with Gasteiger partial charge in [-0.05, 0) is 52.7 Å². The molecule has 1 aliphatic heterocycles. The lowest BCUT2D eigenvalue weighted by Crippen LogP contribution is -2.39. The number of hydrogen-bond acceptors (Lipinski definition) is 7. The standard InChI is InChI=1S/C21H30N4O4S/c1-21(2,3)29-20(28)24-10-9-14(18(24)27)11-15-12-22-19(30-4)23-17(15)25(13-26)16-7-5-6-8-16/h12-14,16H,5-11H2,1-4H3/t14-/m0/s1. The summed E-state index contributed by atoms with van der Waals surface area (Å²) in [6.45, 7) is 5.65. The molecule has 0 spiro atoms. The zero-order valence-electron chi connectivity index (χ0n) is 18.1. The number of rotatable bonds is 6. The first kappa shape index (κ1) is 22.5. The SMILES string of the molecule is CSc1ncc(C[C@@H]2CCN(C(=O)OC(C)(C)C)C2=O)c(N(C=O)C2CCCC2)n1. The zero-order chi connectivity index (χ0) is 21.9. The van der Waals surface area contributed by atoms with E-state index in [9.17, 15) is 14.4 Å². The minimum absolute atomic E-state index is 0.128. The van der Waals surface area contributed by atoms with Crippen LogP contribution >= 0.6 is 11.8 Å². The minimum Gasteiger partial charge on any atom is -0.443 e. The molecular weight excluding hydrogens is 404 g/mol. The highest BCUT2D eigenvalue weighted by Gasteiger charge is 2.38. The van der Waals surface area contributed by atoms with Crippen molar-refractivity contribution in [1.29, 1.82) is 0 Å². The van der Waals surface area contributed by atoms with Crippen LogP contribution < -0.4 is 4.90 Å². The molecule has 0 unspecified atom stereocenters. The largest absolute Gasteiger partial charge is 0.443 e. The Balaban J connectivity index is 1.80. The average molecular weight is 435 g/mol. The van der Waals surface area contributed by atoms with Crippen LogP contribution in [0.25, 0.3) is 0 Å². The molecule has 1 aromatic rings. The fraction of sp³-hybridized carbons (Fsp3) is 0.667. The molecule has 0 N–H and O–H groups in total. The fourth-order valence-corrected chi connectivity index (χ4v) is 4.37. The molecule has 3 rings (SSSR count). The minimum atomic E-state index is -0.657. The summed E-state index contributed by atoms with van der Waals surface area (Å²) < 4.78 is 5.35. The molecule has 0 radical (unpaired) electrons. The van der Waals surface area contributed by atoms with Crippen molar-refractivity contribution >= 4 is 36.0 Å². The molecule has 1 atom stereocenters. The van der Waals surface area contributed by atoms with Gasteiger partial charge in [0.1, 0.15) is 11.4 Å². The quantitative estimate of drug-likeness (QED) is 0.385. The molecule has 1 saturated heterocycles. The van der Waals surface area contributed by atoms with Gasteiger partial charge < -0.3 is 4.74 Å². The van der Waals surface area contributed by atoms with E-state index in [1.807, 2.05) is 6.26 Å². The normalized spacial score (nSPS) is 19.9. The highest BCUT2D eigenvalue weighted by molar-refractivity contribution is 7.98. The molecule has 2 aliphatic rings. The predicted octanol–water partition coefficient (Wildman–Crippen LogP) is 3.43. The first-order valence-corrected chi connectivity index (χ1v) is 11.6. The Morgan fingerprint density at radius 1 is 1.33 bits per heavy atom. The van der Waals surface area contributed by atoms with Crippen LogP contribution in [0.3, 0.4) is 0 Å². The van der Waals surface area contributed by atoms with Gasteiger partial charge in [0.05, 0.1) is 0 Å². The van der Waals surface area contributed by atoms with E-state index in [1.165, 1.54) is 16.7 Å². The molecule has 1 aliphatic carbocycles. The highest BCUT2D eigenvalue weighted by Crippen LogP contribution is 2.32. The van der Waals surface area contributed by atoms with E-state index < -0.39 is 11.7 Å². The van der Waals surface area contributed by atoms with Gasteiger partial charge in [-0.1, -0.05) is 24.6 Å². The van der Waals surface area contributed by atoms with Gasteiger partial charge in [0.15, 0.2) is 5.16 Å². The summed E-state index contributed by atoms with van der Waals surface area (Å²) in [5, 5.41) is 0.590. The number of carbonyl (C=O) groups excluding carboxylic acids is 3. The smallest absolute Gasteiger partial charge is 0.417 e. The number of imide groups is 1. The van der Waals surface area contributed by atoms with Gasteiger partial charge in [-0.25, -0.2) is 19.7 Å². The van der Waals surface area contributed by atoms with Gasteiger partial charge >= 0.3 is 6.09 Å². The van der Waals surface area contributed by atoms with Crippen LogP contribution in [0.15, 0.2) is 11.4 Å². The summed E-state index contributed by atoms with van der Waals surface area (Å²) in [5.41, 5.74) is 0.103. The number of hydrogen-bond donors (Lipinski definition) is 0. The van der Waals surface area contributed by atoms with Crippen LogP contribution in [-0.2, 0) is 20.7 Å². The molecular formula is C21H30N4O4S. The van der Waals surface area contributed by atoms with Gasteiger partial charge in [0.2, 0.25) is 12.3 Å². The third-order valence-electron chi connectivity index (χ3n) is 5.48. The third-order valence-corrected chi connectivity index (χ3v) is 6.04. The number of likely N-dealkylation sites (tertiary alicyclic amines) is 1. The van der Waals surface area contributed by atoms with E-state index >= 15 is 0 Å². The van der Waals surface area contributed by atoms with Gasteiger partial charge in [0.25, 0.3) is 0 Å². The monoisotopic (exact) mass is 434 g/mol. The molecule has 164 valence electrons. The van der Waals surface area contributed by atoms with Gasteiger partial charge in [-0.3, -0.25) is 14.5 Å². The van der Waals surface area contributed by atoms with Crippen molar-refractivity contribution in [3.63, 3.8) is 0 Å². The van der Waals surface area contributed by atoms with Crippen molar-refractivity contribution in [3.05, 3.63) is 11.8 Å². The van der Waals surface area contributed by atoms with Crippen LogP contribution in [0.2, 0.25) is 0 Å². The molecule has 30 heavy (non-hydrogen) atoms. The van der Waals surface area contributed by atoms with E-state index in [-0.39, 0.29) is 17.9 Å². The second-order valence-corrected chi connectivity index (χ2v) is 9.59. The second kappa shape index (κ2) is 9.32. The number of thioether (sulfide) groups is 1. The predicted molar refractivity (Wildman–Crippen MR) is 114 cm³/mol. The number of aromatic nitrogens is 2. The Kier molecular flexibility index (Phi) is 7.00. The summed E-state index contributed by atoms with van der Waals surface area (Å²) in [6, 6.07) is 0.128. The summed E-state index contributed by atoms with van der Waals surface area (Å²) >= 11 is 1.41. The average Bonchev–Trinajstić information content (AvgIpc) is 3.33. The Bertz CT molecular complexity index is 805. The molecule has 0 aromatic carbocycles. The zero-order valence-corrected chi connectivity index (χ0v) is 18.9. The molecule has 9 heteroatoms. The van der Waals surface area contributed by atoms with Crippen molar-refractivity contribution in [2.75, 3.05) is 17.7 Å². The first-order valence-electron chi connectivity index (χ1n) is 10.4. The summed E-state index contributed by atoms with van der Waals surface area (Å²) in [5.74, 6) is -0.0282. The maximum absolute atomic E-state index is 12.9. The maximum Gasteiger partial charge on any atom is 0.417 e. The van der Waals surface area contributed by atoms with Crippen molar-refractivity contribution in [2.45, 2.75) is 76.1 Å². The fourth-order valence-electron chi connectivity index (χ4n) is 4.03. The number of carbonyl (C=O) groups is 3. The molecule has 1 saturated carbocycles. The molecule has 1 aromatic heterocycles. The van der Waals surface area contributed by atoms with Crippen molar-refractivity contribution in [1.82, 2.24) is 14.9 Å². The first-order chi connectivity index (χ1) is 14.2. The molecule has 0 bridgehead atoms. The Hall–Kier alpha value is -2.16. The Labute approximate surface area is 181 Å². The van der Waals surface area contributed by atoms with E-state index in [2.05, 4.69) is 9.97 Å². The lowest BCUT2D eigenvalue weighted by Gasteiger charge is -2.26. The van der Waals surface area contributed by atoms with Crippen molar-refractivity contribution < 1.29 is 19.1 Å². The topological polar surface area (TPSA) is 92.7 Å². The molecule has 8 nitrogen and oxygen atoms in total. The second-order valence-electron chi connectivity index (χ2n) is 8.82. The molecule has 2 heterocycles. The van der Waals surface area contributed by atoms with Crippen LogP contribution in [0.1, 0.15) is 58.4 Å². The van der Waals surface area contributed by atoms with Crippen LogP contribution in [0.4, 0.5) is 10.6 Å². The Morgan fingerprint density at radius 3 is 2.63 bits per heavy atom. The van der Waals surface area contributed by atoms with Crippen molar-refractivity contribution in [2.24, 2.45) is 5.92 Å². The van der Waals surface area contributed by atoms with Crippen LogP contribution in [0.5, 0.6) is 0 Å². The number of ether oxygens (including phenoxy) is 1. The van der Waals surface area contributed by atoms with E-state index in [4.69, 9.17) is 4.74 Å². The van der Waals surface area contributed by atoms with Crippen LogP contribution in [-0.4, -0.2) is 57.7 Å². The number of nitrogens with zero attached hydrogens (tertiary/aromatic N) is 4. The maximum atomic E-state index is 12.9. The number of anilines is 1. The summed E-state index contributed by atoms with van der Waals surface area (Å²) in [4.78, 5) is 49.0. The van der Waals surface area contributed by atoms with Gasteiger partial charge in [-0.2, -0.15) is 0 Å². The summed E-state index contributed by atoms with van der Waals surface area (Å²) in [7, 11) is 0. The van der Waals surface area contributed by atoms with Gasteiger partial charge in [0, 0.05) is 30.3 Å². The third kappa shape index (κ3) is 5.11. The van der Waals surface area contributed by atoms with Crippen molar-refractivity contribution in [3.8, 4) is 0 Å². The highest BCUT2D eigenvalue weighted by atomic mass is 32.2. The molecule has 2 fully saturated rings. The van der Waals surface area contributed by atoms with Gasteiger partial charge in [-0.15, -0.1) is 0 Å². The lowest BCUT2D eigenvalue weighted by molar-refractivity contribution is -0.130. The van der Waals surface area contributed by atoms with E-state index in [1.54, 1.807) is 31.9 Å². The lowest BCUT2D eigenvalue weighted by atomic mass is 9.99. The summed E-state index contributed by atoms with van der Waals surface area (Å²) in [6.07, 6.45) is 8.86.